The first-order chi connectivity index (χ1) is 11.0. The summed E-state index contributed by atoms with van der Waals surface area (Å²) in [6, 6.07) is 7.07. The number of ether oxygens (including phenoxy) is 1. The van der Waals surface area contributed by atoms with Gasteiger partial charge in [-0.15, -0.1) is 0 Å². The first-order valence-electron chi connectivity index (χ1n) is 8.40. The summed E-state index contributed by atoms with van der Waals surface area (Å²) in [5.41, 5.74) is 1.32. The summed E-state index contributed by atoms with van der Waals surface area (Å²) in [4.78, 5) is 24.4. The fourth-order valence-corrected chi connectivity index (χ4v) is 2.14. The van der Waals surface area contributed by atoms with Crippen molar-refractivity contribution in [2.45, 2.75) is 66.0 Å². The lowest BCUT2D eigenvalue weighted by atomic mass is 10.0. The van der Waals surface area contributed by atoms with Gasteiger partial charge in [0.25, 0.3) is 0 Å². The summed E-state index contributed by atoms with van der Waals surface area (Å²) >= 11 is 0. The van der Waals surface area contributed by atoms with Gasteiger partial charge in [-0.1, -0.05) is 39.8 Å². The molecule has 0 aliphatic heterocycles. The van der Waals surface area contributed by atoms with Crippen LogP contribution in [0.15, 0.2) is 24.3 Å². The average Bonchev–Trinajstić information content (AvgIpc) is 2.43. The zero-order valence-electron chi connectivity index (χ0n) is 15.8. The molecule has 0 aromatic heterocycles. The van der Waals surface area contributed by atoms with Gasteiger partial charge in [0.15, 0.2) is 0 Å². The molecule has 0 saturated carbocycles. The molecule has 5 nitrogen and oxygen atoms in total. The number of rotatable bonds is 5. The molecule has 0 heterocycles. The van der Waals surface area contributed by atoms with Crippen LogP contribution in [0.5, 0.6) is 0 Å². The Hall–Kier alpha value is -2.04. The summed E-state index contributed by atoms with van der Waals surface area (Å²) in [6.07, 6.45) is -0.591. The molecule has 0 aliphatic rings. The zero-order chi connectivity index (χ0) is 18.5. The van der Waals surface area contributed by atoms with Crippen molar-refractivity contribution >= 4 is 17.7 Å². The Morgan fingerprint density at radius 3 is 1.96 bits per heavy atom. The number of benzene rings is 1. The van der Waals surface area contributed by atoms with Crippen molar-refractivity contribution in [3.63, 3.8) is 0 Å². The van der Waals surface area contributed by atoms with E-state index in [-0.39, 0.29) is 11.8 Å². The molecule has 0 radical (unpaired) electrons. The van der Waals surface area contributed by atoms with Crippen molar-refractivity contribution in [3.05, 3.63) is 29.8 Å². The van der Waals surface area contributed by atoms with Crippen LogP contribution in [-0.4, -0.2) is 23.6 Å². The summed E-state index contributed by atoms with van der Waals surface area (Å²) < 4.78 is 5.23. The zero-order valence-corrected chi connectivity index (χ0v) is 15.8. The van der Waals surface area contributed by atoms with Crippen LogP contribution >= 0.6 is 0 Å². The smallest absolute Gasteiger partial charge is 0.408 e. The summed E-state index contributed by atoms with van der Waals surface area (Å²) in [6.45, 7) is 13.3. The normalized spacial score (nSPS) is 12.9. The van der Waals surface area contributed by atoms with Gasteiger partial charge in [-0.2, -0.15) is 0 Å². The van der Waals surface area contributed by atoms with E-state index in [1.807, 2.05) is 38.1 Å². The maximum absolute atomic E-state index is 12.5. The predicted molar refractivity (Wildman–Crippen MR) is 97.2 cm³/mol. The maximum atomic E-state index is 12.5. The molecular weight excluding hydrogens is 304 g/mol. The van der Waals surface area contributed by atoms with Gasteiger partial charge in [-0.25, -0.2) is 4.79 Å². The minimum absolute atomic E-state index is 0.0625. The molecule has 5 heteroatoms. The van der Waals surface area contributed by atoms with Crippen LogP contribution in [0.2, 0.25) is 0 Å². The highest BCUT2D eigenvalue weighted by Gasteiger charge is 2.26. The first-order valence-corrected chi connectivity index (χ1v) is 8.40. The van der Waals surface area contributed by atoms with Crippen molar-refractivity contribution in [3.8, 4) is 0 Å². The molecule has 0 aliphatic carbocycles. The lowest BCUT2D eigenvalue weighted by Crippen LogP contribution is -2.48. The maximum Gasteiger partial charge on any atom is 0.408 e. The number of hydrogen-bond acceptors (Lipinski definition) is 3. The number of carbonyl (C=O) groups excluding carboxylic acids is 2. The first kappa shape index (κ1) is 20.0. The third-order valence-electron chi connectivity index (χ3n) is 3.47. The molecule has 2 amide bonds. The van der Waals surface area contributed by atoms with Crippen LogP contribution in [0.4, 0.5) is 10.5 Å². The number of nitrogens with one attached hydrogen (secondary N) is 2. The Labute approximate surface area is 145 Å². The Morgan fingerprint density at radius 1 is 1.00 bits per heavy atom. The van der Waals surface area contributed by atoms with Crippen LogP contribution in [0.3, 0.4) is 0 Å². The van der Waals surface area contributed by atoms with Crippen molar-refractivity contribution < 1.29 is 14.3 Å². The fraction of sp³-hybridized carbons (Fsp3) is 0.579. The van der Waals surface area contributed by atoms with E-state index >= 15 is 0 Å². The highest BCUT2D eigenvalue weighted by molar-refractivity contribution is 5.96. The molecule has 1 aromatic rings. The van der Waals surface area contributed by atoms with Gasteiger partial charge in [0.05, 0.1) is 0 Å². The van der Waals surface area contributed by atoms with Crippen LogP contribution in [0, 0.1) is 5.92 Å². The Kier molecular flexibility index (Phi) is 6.81. The van der Waals surface area contributed by atoms with Gasteiger partial charge in [-0.05, 0) is 50.3 Å². The highest BCUT2D eigenvalue weighted by Crippen LogP contribution is 2.18. The second-order valence-corrected chi connectivity index (χ2v) is 7.63. The minimum Gasteiger partial charge on any atom is -0.444 e. The fourth-order valence-electron chi connectivity index (χ4n) is 2.14. The van der Waals surface area contributed by atoms with Crippen LogP contribution in [0.25, 0.3) is 0 Å². The third-order valence-corrected chi connectivity index (χ3v) is 3.47. The van der Waals surface area contributed by atoms with E-state index in [9.17, 15) is 9.59 Å². The molecule has 134 valence electrons. The molecule has 0 spiro atoms. The summed E-state index contributed by atoms with van der Waals surface area (Å²) in [7, 11) is 0. The van der Waals surface area contributed by atoms with Gasteiger partial charge >= 0.3 is 6.09 Å². The Morgan fingerprint density at radius 2 is 1.54 bits per heavy atom. The minimum atomic E-state index is -0.662. The number of alkyl carbamates (subject to hydrolysis) is 1. The molecule has 0 fully saturated rings. The number of hydrogen-bond donors (Lipinski definition) is 2. The standard InChI is InChI=1S/C19H30N2O3/c1-12(2)14-8-10-15(11-9-14)20-17(22)16(13(3)4)21-18(23)24-19(5,6)7/h8-13,16H,1-7H3,(H,20,22)(H,21,23). The third kappa shape index (κ3) is 6.60. The van der Waals surface area contributed by atoms with Crippen LogP contribution < -0.4 is 10.6 Å². The quantitative estimate of drug-likeness (QED) is 0.843. The average molecular weight is 334 g/mol. The van der Waals surface area contributed by atoms with Gasteiger partial charge < -0.3 is 15.4 Å². The van der Waals surface area contributed by atoms with Gasteiger partial charge in [0.2, 0.25) is 5.91 Å². The molecule has 24 heavy (non-hydrogen) atoms. The van der Waals surface area contributed by atoms with E-state index in [1.165, 1.54) is 5.56 Å². The van der Waals surface area contributed by atoms with Crippen LogP contribution in [0.1, 0.15) is 59.9 Å². The molecule has 1 rings (SSSR count). The predicted octanol–water partition coefficient (Wildman–Crippen LogP) is 4.30. The summed E-state index contributed by atoms with van der Waals surface area (Å²) in [5, 5.41) is 5.50. The summed E-state index contributed by atoms with van der Waals surface area (Å²) in [5.74, 6) is 0.118. The molecule has 0 saturated heterocycles. The Balaban J connectivity index is 2.74. The molecular formula is C19H30N2O3. The molecule has 1 unspecified atom stereocenters. The van der Waals surface area contributed by atoms with E-state index in [2.05, 4.69) is 24.5 Å². The van der Waals surface area contributed by atoms with Crippen molar-refractivity contribution in [2.75, 3.05) is 5.32 Å². The second-order valence-electron chi connectivity index (χ2n) is 7.63. The number of anilines is 1. The van der Waals surface area contributed by atoms with E-state index in [1.54, 1.807) is 20.8 Å². The molecule has 1 aromatic carbocycles. The number of amides is 2. The molecule has 0 bridgehead atoms. The van der Waals surface area contributed by atoms with E-state index in [0.717, 1.165) is 0 Å². The molecule has 1 atom stereocenters. The van der Waals surface area contributed by atoms with Crippen molar-refractivity contribution in [2.24, 2.45) is 5.92 Å². The highest BCUT2D eigenvalue weighted by atomic mass is 16.6. The van der Waals surface area contributed by atoms with Crippen molar-refractivity contribution in [1.29, 1.82) is 0 Å². The van der Waals surface area contributed by atoms with Gasteiger partial charge in [-0.3, -0.25) is 4.79 Å². The second kappa shape index (κ2) is 8.18. The number of carbonyl (C=O) groups is 2. The van der Waals surface area contributed by atoms with E-state index < -0.39 is 17.7 Å². The van der Waals surface area contributed by atoms with Crippen LogP contribution in [-0.2, 0) is 9.53 Å². The lowest BCUT2D eigenvalue weighted by molar-refractivity contribution is -0.119. The Bertz CT molecular complexity index is 557. The monoisotopic (exact) mass is 334 g/mol. The molecule has 2 N–H and O–H groups in total. The largest absolute Gasteiger partial charge is 0.444 e. The topological polar surface area (TPSA) is 67.4 Å². The van der Waals surface area contributed by atoms with E-state index in [4.69, 9.17) is 4.74 Å². The van der Waals surface area contributed by atoms with E-state index in [0.29, 0.717) is 11.6 Å². The SMILES string of the molecule is CC(C)c1ccc(NC(=O)C(NC(=O)OC(C)(C)C)C(C)C)cc1. The van der Waals surface area contributed by atoms with Gasteiger partial charge in [0, 0.05) is 5.69 Å². The van der Waals surface area contributed by atoms with Gasteiger partial charge in [0.1, 0.15) is 11.6 Å². The lowest BCUT2D eigenvalue weighted by Gasteiger charge is -2.25. The van der Waals surface area contributed by atoms with Crippen molar-refractivity contribution in [1.82, 2.24) is 5.32 Å².